The summed E-state index contributed by atoms with van der Waals surface area (Å²) in [5.74, 6) is -0.747. The van der Waals surface area contributed by atoms with Crippen molar-refractivity contribution in [2.75, 3.05) is 0 Å². The van der Waals surface area contributed by atoms with Crippen LogP contribution in [0.2, 0.25) is 0 Å². The SMILES string of the molecule is CCCCCCCC1=NN2C(=N)/C(=C/c3cc(C)n(-c4ccccc4F)c3C)C(=O)N=C2S1. The Hall–Kier alpha value is -3.00. The summed E-state index contributed by atoms with van der Waals surface area (Å²) in [6.07, 6.45) is 8.34. The van der Waals surface area contributed by atoms with Crippen LogP contribution >= 0.6 is 11.8 Å². The van der Waals surface area contributed by atoms with Crippen LogP contribution < -0.4 is 0 Å². The molecule has 0 saturated carbocycles. The van der Waals surface area contributed by atoms with Crippen molar-refractivity contribution in [3.05, 3.63) is 58.7 Å². The van der Waals surface area contributed by atoms with Gasteiger partial charge in [0.15, 0.2) is 5.84 Å². The second-order valence-electron chi connectivity index (χ2n) is 8.29. The maximum Gasteiger partial charge on any atom is 0.283 e. The Bertz CT molecular complexity index is 1190. The predicted octanol–water partition coefficient (Wildman–Crippen LogP) is 6.21. The van der Waals surface area contributed by atoms with Gasteiger partial charge in [-0.25, -0.2) is 4.39 Å². The van der Waals surface area contributed by atoms with E-state index in [0.717, 1.165) is 41.3 Å². The first-order valence-electron chi connectivity index (χ1n) is 11.3. The third-order valence-corrected chi connectivity index (χ3v) is 6.82. The summed E-state index contributed by atoms with van der Waals surface area (Å²) in [5.41, 5.74) is 3.00. The lowest BCUT2D eigenvalue weighted by atomic mass is 10.1. The zero-order valence-electron chi connectivity index (χ0n) is 19.2. The van der Waals surface area contributed by atoms with Crippen LogP contribution in [-0.2, 0) is 4.79 Å². The fraction of sp³-hybridized carbons (Fsp3) is 0.360. The molecule has 4 rings (SSSR count). The van der Waals surface area contributed by atoms with Crippen molar-refractivity contribution in [1.82, 2.24) is 9.58 Å². The van der Waals surface area contributed by atoms with Crippen molar-refractivity contribution >= 4 is 39.8 Å². The number of hydrogen-bond donors (Lipinski definition) is 1. The first-order chi connectivity index (χ1) is 15.9. The maximum absolute atomic E-state index is 14.4. The monoisotopic (exact) mass is 465 g/mol. The molecular weight excluding hydrogens is 437 g/mol. The van der Waals surface area contributed by atoms with Gasteiger partial charge in [-0.15, -0.1) is 0 Å². The molecule has 6 nitrogen and oxygen atoms in total. The predicted molar refractivity (Wildman–Crippen MR) is 134 cm³/mol. The van der Waals surface area contributed by atoms with Crippen LogP contribution in [0.25, 0.3) is 11.8 Å². The van der Waals surface area contributed by atoms with Crippen molar-refractivity contribution in [2.24, 2.45) is 10.1 Å². The Morgan fingerprint density at radius 3 is 2.67 bits per heavy atom. The fourth-order valence-electron chi connectivity index (χ4n) is 4.11. The van der Waals surface area contributed by atoms with E-state index in [-0.39, 0.29) is 17.2 Å². The van der Waals surface area contributed by atoms with Crippen LogP contribution in [0, 0.1) is 25.1 Å². The number of aromatic nitrogens is 1. The third-order valence-electron chi connectivity index (χ3n) is 5.85. The molecule has 0 fully saturated rings. The Morgan fingerprint density at radius 2 is 1.91 bits per heavy atom. The molecule has 0 spiro atoms. The molecule has 172 valence electrons. The molecule has 0 radical (unpaired) electrons. The molecule has 2 aliphatic heterocycles. The number of para-hydroxylation sites is 1. The average Bonchev–Trinajstić information content (AvgIpc) is 3.31. The van der Waals surface area contributed by atoms with E-state index in [1.165, 1.54) is 42.1 Å². The van der Waals surface area contributed by atoms with Gasteiger partial charge in [0, 0.05) is 11.4 Å². The highest BCUT2D eigenvalue weighted by atomic mass is 32.2. The van der Waals surface area contributed by atoms with Gasteiger partial charge in [-0.1, -0.05) is 44.7 Å². The van der Waals surface area contributed by atoms with Crippen molar-refractivity contribution in [2.45, 2.75) is 59.3 Å². The van der Waals surface area contributed by atoms with Gasteiger partial charge in [0.2, 0.25) is 5.17 Å². The Balaban J connectivity index is 1.57. The number of carbonyl (C=O) groups excluding carboxylic acids is 1. The van der Waals surface area contributed by atoms with Gasteiger partial charge < -0.3 is 4.57 Å². The second kappa shape index (κ2) is 9.87. The lowest BCUT2D eigenvalue weighted by molar-refractivity contribution is -0.114. The molecular formula is C25H28FN5OS. The van der Waals surface area contributed by atoms with Crippen LogP contribution in [0.3, 0.4) is 0 Å². The summed E-state index contributed by atoms with van der Waals surface area (Å²) >= 11 is 1.37. The standard InChI is InChI=1S/C25H28FN5OS/c1-4-5-6-7-8-13-22-29-31-23(27)19(24(32)28-25(31)33-22)15-18-14-16(2)30(17(18)3)21-12-10-9-11-20(21)26/h9-12,14-15,27H,4-8,13H2,1-3H3/b19-15-,27-23?. The van der Waals surface area contributed by atoms with E-state index in [1.807, 2.05) is 24.5 Å². The molecule has 1 amide bonds. The fourth-order valence-corrected chi connectivity index (χ4v) is 5.03. The van der Waals surface area contributed by atoms with Crippen molar-refractivity contribution in [3.8, 4) is 5.69 Å². The minimum Gasteiger partial charge on any atom is -0.315 e. The molecule has 1 aromatic heterocycles. The van der Waals surface area contributed by atoms with Crippen LogP contribution in [0.1, 0.15) is 62.4 Å². The number of amidine groups is 2. The Morgan fingerprint density at radius 1 is 1.15 bits per heavy atom. The van der Waals surface area contributed by atoms with Crippen LogP contribution in [-0.4, -0.2) is 31.5 Å². The number of halogens is 1. The number of thioether (sulfide) groups is 1. The normalized spacial score (nSPS) is 17.0. The molecule has 1 N–H and O–H groups in total. The summed E-state index contributed by atoms with van der Waals surface area (Å²) in [4.78, 5) is 17.0. The highest BCUT2D eigenvalue weighted by molar-refractivity contribution is 8.26. The van der Waals surface area contributed by atoms with E-state index in [9.17, 15) is 9.18 Å². The van der Waals surface area contributed by atoms with Gasteiger partial charge >= 0.3 is 0 Å². The minimum absolute atomic E-state index is 0.0224. The zero-order chi connectivity index (χ0) is 23.5. The largest absolute Gasteiger partial charge is 0.315 e. The first kappa shape index (κ1) is 23.2. The van der Waals surface area contributed by atoms with Gasteiger partial charge in [0.1, 0.15) is 10.9 Å². The number of nitrogens with zero attached hydrogens (tertiary/aromatic N) is 4. The summed E-state index contributed by atoms with van der Waals surface area (Å²) in [7, 11) is 0. The van der Waals surface area contributed by atoms with Crippen molar-refractivity contribution in [3.63, 3.8) is 0 Å². The molecule has 2 aliphatic rings. The number of benzene rings is 1. The van der Waals surface area contributed by atoms with E-state index in [2.05, 4.69) is 17.0 Å². The number of aliphatic imine (C=N–C) groups is 1. The van der Waals surface area contributed by atoms with E-state index in [0.29, 0.717) is 10.9 Å². The number of rotatable bonds is 8. The van der Waals surface area contributed by atoms with E-state index in [4.69, 9.17) is 5.41 Å². The smallest absolute Gasteiger partial charge is 0.283 e. The summed E-state index contributed by atoms with van der Waals surface area (Å²) in [6, 6.07) is 8.47. The van der Waals surface area contributed by atoms with Gasteiger partial charge in [-0.05, 0) is 68.3 Å². The van der Waals surface area contributed by atoms with E-state index in [1.54, 1.807) is 24.3 Å². The molecule has 0 bridgehead atoms. The molecule has 0 aliphatic carbocycles. The molecule has 0 saturated heterocycles. The highest BCUT2D eigenvalue weighted by Gasteiger charge is 2.35. The number of nitrogens with one attached hydrogen (secondary N) is 1. The van der Waals surface area contributed by atoms with Crippen molar-refractivity contribution < 1.29 is 9.18 Å². The number of carbonyl (C=O) groups is 1. The molecule has 3 heterocycles. The van der Waals surface area contributed by atoms with Gasteiger partial charge in [0.05, 0.1) is 11.3 Å². The minimum atomic E-state index is -0.450. The number of aryl methyl sites for hydroxylation is 1. The zero-order valence-corrected chi connectivity index (χ0v) is 20.0. The van der Waals surface area contributed by atoms with E-state index < -0.39 is 5.91 Å². The molecule has 0 atom stereocenters. The number of hydrogen-bond acceptors (Lipinski definition) is 4. The average molecular weight is 466 g/mol. The van der Waals surface area contributed by atoms with Gasteiger partial charge in [-0.2, -0.15) is 15.1 Å². The molecule has 2 aromatic rings. The van der Waals surface area contributed by atoms with Crippen molar-refractivity contribution in [1.29, 1.82) is 5.41 Å². The van der Waals surface area contributed by atoms with Gasteiger partial charge in [0.25, 0.3) is 5.91 Å². The third kappa shape index (κ3) is 4.71. The topological polar surface area (TPSA) is 73.8 Å². The second-order valence-corrected chi connectivity index (χ2v) is 9.33. The number of fused-ring (bicyclic) bond motifs is 1. The molecule has 1 aromatic carbocycles. The van der Waals surface area contributed by atoms with Crippen LogP contribution in [0.15, 0.2) is 46.0 Å². The summed E-state index contributed by atoms with van der Waals surface area (Å²) in [6.45, 7) is 5.95. The van der Waals surface area contributed by atoms with Crippen LogP contribution in [0.5, 0.6) is 0 Å². The number of amides is 1. The molecule has 33 heavy (non-hydrogen) atoms. The molecule has 0 unspecified atom stereocenters. The molecule has 8 heteroatoms. The van der Waals surface area contributed by atoms with Crippen LogP contribution in [0.4, 0.5) is 4.39 Å². The highest BCUT2D eigenvalue weighted by Crippen LogP contribution is 2.31. The number of unbranched alkanes of at least 4 members (excludes halogenated alkanes) is 4. The first-order valence-corrected chi connectivity index (χ1v) is 12.1. The summed E-state index contributed by atoms with van der Waals surface area (Å²) in [5, 5.41) is 15.9. The lowest BCUT2D eigenvalue weighted by Crippen LogP contribution is -2.35. The van der Waals surface area contributed by atoms with Gasteiger partial charge in [-0.3, -0.25) is 10.2 Å². The quantitative estimate of drug-likeness (QED) is 0.372. The lowest BCUT2D eigenvalue weighted by Gasteiger charge is -2.20. The maximum atomic E-state index is 14.4. The Labute approximate surface area is 197 Å². The summed E-state index contributed by atoms with van der Waals surface area (Å²) < 4.78 is 16.2. The number of hydrazone groups is 1. The Kier molecular flexibility index (Phi) is 6.93. The van der Waals surface area contributed by atoms with E-state index >= 15 is 0 Å².